The van der Waals surface area contributed by atoms with Crippen molar-refractivity contribution in [2.45, 2.75) is 0 Å². The van der Waals surface area contributed by atoms with E-state index in [0.29, 0.717) is 5.56 Å². The standard InChI is InChI=1S/C12H8N2OS/c15-12-9(11-6-16-7-13-11)5-8-3-1-2-4-10(8)14-12/h1-7H,(H,14,15). The summed E-state index contributed by atoms with van der Waals surface area (Å²) in [5, 5.41) is 2.89. The number of H-pyrrole nitrogens is 1. The first-order valence-corrected chi connectivity index (χ1v) is 5.79. The van der Waals surface area contributed by atoms with Crippen LogP contribution in [0, 0.1) is 0 Å². The summed E-state index contributed by atoms with van der Waals surface area (Å²) in [6.45, 7) is 0. The van der Waals surface area contributed by atoms with Crippen molar-refractivity contribution in [3.05, 3.63) is 51.6 Å². The minimum atomic E-state index is -0.0930. The lowest BCUT2D eigenvalue weighted by atomic mass is 10.1. The number of nitrogens with one attached hydrogen (secondary N) is 1. The van der Waals surface area contributed by atoms with Gasteiger partial charge in [0.1, 0.15) is 0 Å². The molecule has 0 aliphatic rings. The van der Waals surface area contributed by atoms with Crippen LogP contribution in [0.2, 0.25) is 0 Å². The van der Waals surface area contributed by atoms with Gasteiger partial charge in [0.05, 0.1) is 16.8 Å². The van der Waals surface area contributed by atoms with Crippen LogP contribution in [0.1, 0.15) is 0 Å². The first-order chi connectivity index (χ1) is 7.84. The molecule has 16 heavy (non-hydrogen) atoms. The Bertz CT molecular complexity index is 686. The van der Waals surface area contributed by atoms with E-state index in [1.165, 1.54) is 11.3 Å². The van der Waals surface area contributed by atoms with Crippen LogP contribution in [0.3, 0.4) is 0 Å². The predicted molar refractivity (Wildman–Crippen MR) is 65.7 cm³/mol. The normalized spacial score (nSPS) is 10.8. The molecule has 0 bridgehead atoms. The lowest BCUT2D eigenvalue weighted by molar-refractivity contribution is 1.28. The number of fused-ring (bicyclic) bond motifs is 1. The summed E-state index contributed by atoms with van der Waals surface area (Å²) in [4.78, 5) is 18.8. The van der Waals surface area contributed by atoms with Gasteiger partial charge in [-0.15, -0.1) is 11.3 Å². The summed E-state index contributed by atoms with van der Waals surface area (Å²) in [6, 6.07) is 9.60. The van der Waals surface area contributed by atoms with Crippen molar-refractivity contribution in [3.8, 4) is 11.3 Å². The molecule has 2 aromatic heterocycles. The van der Waals surface area contributed by atoms with Gasteiger partial charge in [-0.3, -0.25) is 4.79 Å². The summed E-state index contributed by atoms with van der Waals surface area (Å²) >= 11 is 1.48. The fraction of sp³-hybridized carbons (Fsp3) is 0. The van der Waals surface area contributed by atoms with E-state index in [-0.39, 0.29) is 5.56 Å². The van der Waals surface area contributed by atoms with Gasteiger partial charge in [0.15, 0.2) is 0 Å². The summed E-state index contributed by atoms with van der Waals surface area (Å²) in [5.74, 6) is 0. The fourth-order valence-electron chi connectivity index (χ4n) is 1.68. The number of aromatic nitrogens is 2. The predicted octanol–water partition coefficient (Wildman–Crippen LogP) is 2.65. The molecule has 0 saturated carbocycles. The Kier molecular flexibility index (Phi) is 2.08. The molecule has 3 aromatic rings. The van der Waals surface area contributed by atoms with Crippen molar-refractivity contribution >= 4 is 22.2 Å². The maximum absolute atomic E-state index is 11.8. The second-order valence-electron chi connectivity index (χ2n) is 3.47. The highest BCUT2D eigenvalue weighted by molar-refractivity contribution is 7.07. The average Bonchev–Trinajstić information content (AvgIpc) is 2.81. The molecule has 4 heteroatoms. The lowest BCUT2D eigenvalue weighted by Crippen LogP contribution is -2.08. The highest BCUT2D eigenvalue weighted by Crippen LogP contribution is 2.18. The molecule has 0 spiro atoms. The summed E-state index contributed by atoms with van der Waals surface area (Å²) in [6.07, 6.45) is 0. The minimum Gasteiger partial charge on any atom is -0.321 e. The van der Waals surface area contributed by atoms with Crippen LogP contribution >= 0.6 is 11.3 Å². The van der Waals surface area contributed by atoms with E-state index in [4.69, 9.17) is 0 Å². The maximum atomic E-state index is 11.8. The lowest BCUT2D eigenvalue weighted by Gasteiger charge is -2.00. The van der Waals surface area contributed by atoms with Gasteiger partial charge in [0.2, 0.25) is 0 Å². The third-order valence-electron chi connectivity index (χ3n) is 2.46. The number of thiazole rings is 1. The van der Waals surface area contributed by atoms with Crippen molar-refractivity contribution in [1.29, 1.82) is 0 Å². The first-order valence-electron chi connectivity index (χ1n) is 4.85. The SMILES string of the molecule is O=c1[nH]c2ccccc2cc1-c1cscn1. The molecule has 0 radical (unpaired) electrons. The van der Waals surface area contributed by atoms with Crippen LogP contribution in [-0.4, -0.2) is 9.97 Å². The van der Waals surface area contributed by atoms with Crippen LogP contribution < -0.4 is 5.56 Å². The van der Waals surface area contributed by atoms with Crippen LogP contribution in [0.5, 0.6) is 0 Å². The smallest absolute Gasteiger partial charge is 0.257 e. The third kappa shape index (κ3) is 1.44. The van der Waals surface area contributed by atoms with Crippen LogP contribution in [0.15, 0.2) is 46.0 Å². The Balaban J connectivity index is 2.34. The largest absolute Gasteiger partial charge is 0.321 e. The zero-order valence-corrected chi connectivity index (χ0v) is 9.12. The van der Waals surface area contributed by atoms with Gasteiger partial charge in [0.25, 0.3) is 5.56 Å². The monoisotopic (exact) mass is 228 g/mol. The number of nitrogens with zero attached hydrogens (tertiary/aromatic N) is 1. The number of hydrogen-bond acceptors (Lipinski definition) is 3. The Morgan fingerprint density at radius 2 is 2.12 bits per heavy atom. The Hall–Kier alpha value is -1.94. The van der Waals surface area contributed by atoms with Gasteiger partial charge in [-0.1, -0.05) is 18.2 Å². The van der Waals surface area contributed by atoms with Crippen molar-refractivity contribution in [1.82, 2.24) is 9.97 Å². The van der Waals surface area contributed by atoms with E-state index in [2.05, 4.69) is 9.97 Å². The quantitative estimate of drug-likeness (QED) is 0.696. The van der Waals surface area contributed by atoms with Gasteiger partial charge in [-0.25, -0.2) is 4.98 Å². The number of aromatic amines is 1. The molecule has 0 atom stereocenters. The number of para-hydroxylation sites is 1. The molecule has 1 N–H and O–H groups in total. The molecule has 0 unspecified atom stereocenters. The zero-order chi connectivity index (χ0) is 11.0. The van der Waals surface area contributed by atoms with Gasteiger partial charge >= 0.3 is 0 Å². The molecule has 2 heterocycles. The highest BCUT2D eigenvalue weighted by Gasteiger charge is 2.06. The second-order valence-corrected chi connectivity index (χ2v) is 4.19. The molecular weight excluding hydrogens is 220 g/mol. The first kappa shape index (κ1) is 9.30. The molecule has 0 saturated heterocycles. The van der Waals surface area contributed by atoms with E-state index in [0.717, 1.165) is 16.6 Å². The molecule has 1 aromatic carbocycles. The summed E-state index contributed by atoms with van der Waals surface area (Å²) in [7, 11) is 0. The van der Waals surface area contributed by atoms with Gasteiger partial charge < -0.3 is 4.98 Å². The second kappa shape index (κ2) is 3.57. The minimum absolute atomic E-state index is 0.0930. The van der Waals surface area contributed by atoms with Crippen molar-refractivity contribution in [3.63, 3.8) is 0 Å². The average molecular weight is 228 g/mol. The van der Waals surface area contributed by atoms with Gasteiger partial charge in [-0.2, -0.15) is 0 Å². The van der Waals surface area contributed by atoms with Crippen molar-refractivity contribution in [2.75, 3.05) is 0 Å². The van der Waals surface area contributed by atoms with Crippen LogP contribution in [0.25, 0.3) is 22.2 Å². The van der Waals surface area contributed by atoms with Crippen LogP contribution in [-0.2, 0) is 0 Å². The van der Waals surface area contributed by atoms with Crippen molar-refractivity contribution in [2.24, 2.45) is 0 Å². The van der Waals surface area contributed by atoms with E-state index in [1.54, 1.807) is 5.51 Å². The van der Waals surface area contributed by atoms with E-state index < -0.39 is 0 Å². The number of pyridine rings is 1. The molecule has 0 amide bonds. The van der Waals surface area contributed by atoms with Gasteiger partial charge in [-0.05, 0) is 17.5 Å². The number of hydrogen-bond donors (Lipinski definition) is 1. The van der Waals surface area contributed by atoms with E-state index in [1.807, 2.05) is 35.7 Å². The molecule has 3 nitrogen and oxygen atoms in total. The highest BCUT2D eigenvalue weighted by atomic mass is 32.1. The van der Waals surface area contributed by atoms with Crippen molar-refractivity contribution < 1.29 is 0 Å². The topological polar surface area (TPSA) is 45.8 Å². The Morgan fingerprint density at radius 3 is 2.94 bits per heavy atom. The molecule has 0 fully saturated rings. The maximum Gasteiger partial charge on any atom is 0.257 e. The zero-order valence-electron chi connectivity index (χ0n) is 8.31. The molecule has 3 rings (SSSR count). The van der Waals surface area contributed by atoms with Crippen LogP contribution in [0.4, 0.5) is 0 Å². The summed E-state index contributed by atoms with van der Waals surface area (Å²) in [5.41, 5.74) is 3.84. The Morgan fingerprint density at radius 1 is 1.25 bits per heavy atom. The molecular formula is C12H8N2OS. The Labute approximate surface area is 95.4 Å². The molecule has 0 aliphatic carbocycles. The van der Waals surface area contributed by atoms with Gasteiger partial charge in [0, 0.05) is 10.9 Å². The van der Waals surface area contributed by atoms with E-state index in [9.17, 15) is 4.79 Å². The summed E-state index contributed by atoms with van der Waals surface area (Å²) < 4.78 is 0. The molecule has 78 valence electrons. The fourth-order valence-corrected chi connectivity index (χ4v) is 2.24. The number of benzene rings is 1. The number of rotatable bonds is 1. The molecule has 0 aliphatic heterocycles. The third-order valence-corrected chi connectivity index (χ3v) is 3.05. The van der Waals surface area contributed by atoms with E-state index >= 15 is 0 Å².